The summed E-state index contributed by atoms with van der Waals surface area (Å²) in [7, 11) is 0. The van der Waals surface area contributed by atoms with Crippen LogP contribution in [-0.4, -0.2) is 22.0 Å². The van der Waals surface area contributed by atoms with E-state index in [9.17, 15) is 4.79 Å². The molecule has 0 spiro atoms. The minimum absolute atomic E-state index is 0.378. The molecule has 1 atom stereocenters. The van der Waals surface area contributed by atoms with Crippen LogP contribution >= 0.6 is 0 Å². The van der Waals surface area contributed by atoms with E-state index < -0.39 is 0 Å². The molecule has 3 rings (SSSR count). The number of aryl methyl sites for hydroxylation is 1. The molecule has 0 radical (unpaired) electrons. The van der Waals surface area contributed by atoms with Crippen LogP contribution in [0.4, 0.5) is 0 Å². The van der Waals surface area contributed by atoms with Gasteiger partial charge in [-0.05, 0) is 36.6 Å². The molecule has 0 saturated carbocycles. The second-order valence-corrected chi connectivity index (χ2v) is 5.60. The van der Waals surface area contributed by atoms with Crippen molar-refractivity contribution in [2.45, 2.75) is 25.9 Å². The van der Waals surface area contributed by atoms with Crippen LogP contribution in [0.1, 0.15) is 28.2 Å². The van der Waals surface area contributed by atoms with Crippen molar-refractivity contribution in [1.29, 1.82) is 0 Å². The van der Waals surface area contributed by atoms with Crippen LogP contribution in [0.3, 0.4) is 0 Å². The molecule has 1 aromatic carbocycles. The Bertz CT molecular complexity index is 635. The molecule has 1 aliphatic rings. The third-order valence-corrected chi connectivity index (χ3v) is 4.01. The van der Waals surface area contributed by atoms with E-state index in [1.165, 1.54) is 12.2 Å². The number of imidazole rings is 1. The first-order valence-corrected chi connectivity index (χ1v) is 7.32. The maximum atomic E-state index is 11.2. The molecule has 2 heterocycles. The van der Waals surface area contributed by atoms with Gasteiger partial charge >= 0.3 is 0 Å². The largest absolute Gasteiger partial charge is 0.366 e. The molecule has 0 saturated heterocycles. The Morgan fingerprint density at radius 3 is 3.24 bits per heavy atom. The highest BCUT2D eigenvalue weighted by Gasteiger charge is 2.18. The van der Waals surface area contributed by atoms with Gasteiger partial charge in [0.2, 0.25) is 5.91 Å². The molecule has 0 bridgehead atoms. The average Bonchev–Trinajstić information content (AvgIpc) is 2.95. The van der Waals surface area contributed by atoms with Gasteiger partial charge in [0, 0.05) is 37.5 Å². The van der Waals surface area contributed by atoms with Crippen LogP contribution in [0.5, 0.6) is 0 Å². The molecule has 2 aromatic rings. The number of amides is 1. The van der Waals surface area contributed by atoms with E-state index in [-0.39, 0.29) is 5.91 Å². The summed E-state index contributed by atoms with van der Waals surface area (Å²) < 4.78 is 2.24. The molecule has 1 amide bonds. The van der Waals surface area contributed by atoms with E-state index in [1.807, 2.05) is 24.4 Å². The summed E-state index contributed by atoms with van der Waals surface area (Å²) >= 11 is 0. The van der Waals surface area contributed by atoms with Crippen LogP contribution in [0, 0.1) is 5.92 Å². The lowest BCUT2D eigenvalue weighted by molar-refractivity contribution is 0.1000. The normalized spacial score (nSPS) is 17.4. The number of nitrogens with zero attached hydrogens (tertiary/aromatic N) is 2. The lowest BCUT2D eigenvalue weighted by Gasteiger charge is -2.24. The second-order valence-electron chi connectivity index (χ2n) is 5.60. The van der Waals surface area contributed by atoms with Gasteiger partial charge in [0.05, 0.1) is 0 Å². The zero-order valence-electron chi connectivity index (χ0n) is 12.0. The molecule has 21 heavy (non-hydrogen) atoms. The minimum atomic E-state index is -0.378. The highest BCUT2D eigenvalue weighted by Crippen LogP contribution is 2.18. The van der Waals surface area contributed by atoms with Gasteiger partial charge in [0.25, 0.3) is 0 Å². The lowest BCUT2D eigenvalue weighted by atomic mass is 9.99. The monoisotopic (exact) mass is 284 g/mol. The smallest absolute Gasteiger partial charge is 0.248 e. The Morgan fingerprint density at radius 1 is 1.48 bits per heavy atom. The van der Waals surface area contributed by atoms with Crippen molar-refractivity contribution in [3.05, 3.63) is 53.6 Å². The van der Waals surface area contributed by atoms with Crippen molar-refractivity contribution in [1.82, 2.24) is 14.9 Å². The highest BCUT2D eigenvalue weighted by molar-refractivity contribution is 5.92. The molecule has 110 valence electrons. The van der Waals surface area contributed by atoms with E-state index >= 15 is 0 Å². The average molecular weight is 284 g/mol. The Hall–Kier alpha value is -2.14. The summed E-state index contributed by atoms with van der Waals surface area (Å²) in [5.41, 5.74) is 6.95. The molecular weight excluding hydrogens is 264 g/mol. The first-order chi connectivity index (χ1) is 10.2. The highest BCUT2D eigenvalue weighted by atomic mass is 16.1. The van der Waals surface area contributed by atoms with E-state index in [0.717, 1.165) is 31.6 Å². The van der Waals surface area contributed by atoms with Crippen molar-refractivity contribution in [3.63, 3.8) is 0 Å². The maximum absolute atomic E-state index is 11.2. The summed E-state index contributed by atoms with van der Waals surface area (Å²) in [4.78, 5) is 15.5. The van der Waals surface area contributed by atoms with Crippen molar-refractivity contribution in [2.75, 3.05) is 6.54 Å². The topological polar surface area (TPSA) is 72.9 Å². The first kappa shape index (κ1) is 13.8. The van der Waals surface area contributed by atoms with Gasteiger partial charge in [-0.3, -0.25) is 4.79 Å². The van der Waals surface area contributed by atoms with Crippen molar-refractivity contribution in [2.24, 2.45) is 11.7 Å². The van der Waals surface area contributed by atoms with E-state index in [4.69, 9.17) is 5.73 Å². The van der Waals surface area contributed by atoms with E-state index in [1.54, 1.807) is 6.07 Å². The molecule has 0 aliphatic carbocycles. The van der Waals surface area contributed by atoms with Gasteiger partial charge in [-0.2, -0.15) is 0 Å². The zero-order chi connectivity index (χ0) is 14.7. The number of aromatic nitrogens is 2. The number of fused-ring (bicyclic) bond motifs is 1. The third-order valence-electron chi connectivity index (χ3n) is 4.01. The number of hydrogen-bond acceptors (Lipinski definition) is 3. The Kier molecular flexibility index (Phi) is 4.01. The number of benzene rings is 1. The number of carbonyl (C=O) groups excluding carboxylic acids is 1. The summed E-state index contributed by atoms with van der Waals surface area (Å²) in [6.45, 7) is 2.76. The number of nitrogens with one attached hydrogen (secondary N) is 1. The molecule has 3 N–H and O–H groups in total. The SMILES string of the molecule is NC(=O)c1cccc(CNC[C@@H]2CCc3nccn3C2)c1. The molecule has 1 aliphatic heterocycles. The molecule has 0 fully saturated rings. The quantitative estimate of drug-likeness (QED) is 0.870. The number of hydrogen-bond donors (Lipinski definition) is 2. The summed E-state index contributed by atoms with van der Waals surface area (Å²) in [6.07, 6.45) is 6.15. The van der Waals surface area contributed by atoms with Gasteiger partial charge in [-0.15, -0.1) is 0 Å². The lowest BCUT2D eigenvalue weighted by Crippen LogP contribution is -2.29. The molecule has 5 heteroatoms. The molecule has 5 nitrogen and oxygen atoms in total. The van der Waals surface area contributed by atoms with Gasteiger partial charge in [-0.1, -0.05) is 12.1 Å². The number of rotatable bonds is 5. The van der Waals surface area contributed by atoms with Gasteiger partial charge in [-0.25, -0.2) is 4.98 Å². The summed E-state index contributed by atoms with van der Waals surface area (Å²) in [6, 6.07) is 7.47. The predicted octanol–water partition coefficient (Wildman–Crippen LogP) is 1.33. The number of primary amides is 1. The molecular formula is C16H20N4O. The van der Waals surface area contributed by atoms with Crippen molar-refractivity contribution in [3.8, 4) is 0 Å². The Morgan fingerprint density at radius 2 is 2.38 bits per heavy atom. The van der Waals surface area contributed by atoms with Crippen LogP contribution in [-0.2, 0) is 19.5 Å². The maximum Gasteiger partial charge on any atom is 0.248 e. The van der Waals surface area contributed by atoms with Crippen LogP contribution < -0.4 is 11.1 Å². The summed E-state index contributed by atoms with van der Waals surface area (Å²) in [5.74, 6) is 1.45. The second kappa shape index (κ2) is 6.10. The summed E-state index contributed by atoms with van der Waals surface area (Å²) in [5, 5.41) is 3.47. The fourth-order valence-corrected chi connectivity index (χ4v) is 2.86. The Labute approximate surface area is 124 Å². The fourth-order valence-electron chi connectivity index (χ4n) is 2.86. The number of carbonyl (C=O) groups is 1. The van der Waals surface area contributed by atoms with Gasteiger partial charge in [0.1, 0.15) is 5.82 Å². The van der Waals surface area contributed by atoms with Crippen LogP contribution in [0.15, 0.2) is 36.7 Å². The van der Waals surface area contributed by atoms with Crippen molar-refractivity contribution < 1.29 is 4.79 Å². The predicted molar refractivity (Wildman–Crippen MR) is 80.7 cm³/mol. The Balaban J connectivity index is 1.51. The fraction of sp³-hybridized carbons (Fsp3) is 0.375. The van der Waals surface area contributed by atoms with E-state index in [2.05, 4.69) is 21.1 Å². The van der Waals surface area contributed by atoms with Gasteiger partial charge in [0.15, 0.2) is 0 Å². The number of nitrogens with two attached hydrogens (primary N) is 1. The van der Waals surface area contributed by atoms with Crippen LogP contribution in [0.25, 0.3) is 0 Å². The van der Waals surface area contributed by atoms with Crippen LogP contribution in [0.2, 0.25) is 0 Å². The van der Waals surface area contributed by atoms with Gasteiger partial charge < -0.3 is 15.6 Å². The first-order valence-electron chi connectivity index (χ1n) is 7.32. The molecule has 1 aromatic heterocycles. The standard InChI is InChI=1S/C16H20N4O/c17-16(21)14-3-1-2-12(8-14)9-18-10-13-4-5-15-19-6-7-20(15)11-13/h1-3,6-8,13,18H,4-5,9-11H2,(H2,17,21)/t13-/m0/s1. The zero-order valence-corrected chi connectivity index (χ0v) is 12.0. The third kappa shape index (κ3) is 3.31. The van der Waals surface area contributed by atoms with E-state index in [0.29, 0.717) is 11.5 Å². The molecule has 0 unspecified atom stereocenters. The minimum Gasteiger partial charge on any atom is -0.366 e. The van der Waals surface area contributed by atoms with Crippen molar-refractivity contribution >= 4 is 5.91 Å².